The largest absolute Gasteiger partial charge is 0.320 e. The number of H-pyrrole nitrogens is 1. The molecule has 6 heteroatoms. The van der Waals surface area contributed by atoms with Crippen molar-refractivity contribution >= 4 is 27.5 Å². The first-order valence-electron chi connectivity index (χ1n) is 4.77. The van der Waals surface area contributed by atoms with Gasteiger partial charge >= 0.3 is 0 Å². The summed E-state index contributed by atoms with van der Waals surface area (Å²) in [5, 5.41) is 2.65. The van der Waals surface area contributed by atoms with Crippen molar-refractivity contribution in [1.29, 1.82) is 0 Å². The SMILES string of the molecule is O=C(Nc1ccccc1Br)c1cc(=O)[nH]cn1. The molecule has 0 aliphatic heterocycles. The van der Waals surface area contributed by atoms with Crippen LogP contribution in [0.15, 0.2) is 45.9 Å². The zero-order valence-electron chi connectivity index (χ0n) is 8.61. The van der Waals surface area contributed by atoms with E-state index in [4.69, 9.17) is 0 Å². The Hall–Kier alpha value is -1.95. The summed E-state index contributed by atoms with van der Waals surface area (Å²) in [5.41, 5.74) is 0.335. The molecule has 2 N–H and O–H groups in total. The lowest BCUT2D eigenvalue weighted by Gasteiger charge is -2.05. The maximum atomic E-state index is 11.8. The van der Waals surface area contributed by atoms with Crippen molar-refractivity contribution in [3.05, 3.63) is 57.2 Å². The average molecular weight is 294 g/mol. The smallest absolute Gasteiger partial charge is 0.274 e. The fourth-order valence-corrected chi connectivity index (χ4v) is 1.63. The van der Waals surface area contributed by atoms with Gasteiger partial charge in [0, 0.05) is 10.5 Å². The number of hydrogen-bond acceptors (Lipinski definition) is 3. The van der Waals surface area contributed by atoms with Crippen LogP contribution in [-0.4, -0.2) is 15.9 Å². The molecule has 0 atom stereocenters. The lowest BCUT2D eigenvalue weighted by Crippen LogP contribution is -2.17. The topological polar surface area (TPSA) is 74.8 Å². The Morgan fingerprint density at radius 1 is 1.35 bits per heavy atom. The summed E-state index contributed by atoms with van der Waals surface area (Å²) in [6, 6.07) is 8.33. The summed E-state index contributed by atoms with van der Waals surface area (Å²) in [6.07, 6.45) is 1.19. The van der Waals surface area contributed by atoms with E-state index in [9.17, 15) is 9.59 Å². The minimum absolute atomic E-state index is 0.0736. The second-order valence-corrected chi connectivity index (χ2v) is 4.08. The van der Waals surface area contributed by atoms with E-state index in [1.54, 1.807) is 18.2 Å². The predicted octanol–water partition coefficient (Wildman–Crippen LogP) is 1.78. The lowest BCUT2D eigenvalue weighted by atomic mass is 10.3. The molecule has 86 valence electrons. The third-order valence-corrected chi connectivity index (χ3v) is 2.72. The number of carbonyl (C=O) groups is 1. The van der Waals surface area contributed by atoms with Crippen LogP contribution in [-0.2, 0) is 0 Å². The predicted molar refractivity (Wildman–Crippen MR) is 67.0 cm³/mol. The summed E-state index contributed by atoms with van der Waals surface area (Å²) < 4.78 is 0.762. The van der Waals surface area contributed by atoms with Gasteiger partial charge in [-0.25, -0.2) is 4.98 Å². The Morgan fingerprint density at radius 3 is 2.82 bits per heavy atom. The van der Waals surface area contributed by atoms with Gasteiger partial charge < -0.3 is 10.3 Å². The van der Waals surface area contributed by atoms with Gasteiger partial charge in [0.15, 0.2) is 0 Å². The molecule has 2 aromatic rings. The summed E-state index contributed by atoms with van der Waals surface area (Å²) in [7, 11) is 0. The molecule has 0 fully saturated rings. The summed E-state index contributed by atoms with van der Waals surface area (Å²) >= 11 is 3.31. The molecule has 0 bridgehead atoms. The number of anilines is 1. The van der Waals surface area contributed by atoms with Gasteiger partial charge in [0.05, 0.1) is 12.0 Å². The maximum absolute atomic E-state index is 11.8. The minimum atomic E-state index is -0.428. The van der Waals surface area contributed by atoms with Gasteiger partial charge in [-0.3, -0.25) is 9.59 Å². The van der Waals surface area contributed by atoms with Crippen LogP contribution in [0, 0.1) is 0 Å². The van der Waals surface area contributed by atoms with Gasteiger partial charge in [0.1, 0.15) is 5.69 Å². The molecular formula is C11H8BrN3O2. The van der Waals surface area contributed by atoms with E-state index in [1.165, 1.54) is 6.33 Å². The van der Waals surface area contributed by atoms with Crippen LogP contribution in [0.1, 0.15) is 10.5 Å². The van der Waals surface area contributed by atoms with Crippen LogP contribution in [0.2, 0.25) is 0 Å². The second-order valence-electron chi connectivity index (χ2n) is 3.23. The molecule has 0 radical (unpaired) electrons. The third kappa shape index (κ3) is 2.79. The molecule has 0 saturated carbocycles. The summed E-state index contributed by atoms with van der Waals surface area (Å²) in [5.74, 6) is -0.428. The Kier molecular flexibility index (Phi) is 3.34. The molecule has 2 rings (SSSR count). The number of carbonyl (C=O) groups excluding carboxylic acids is 1. The Morgan fingerprint density at radius 2 is 2.12 bits per heavy atom. The normalized spacial score (nSPS) is 9.94. The van der Waals surface area contributed by atoms with Crippen LogP contribution in [0.4, 0.5) is 5.69 Å². The van der Waals surface area contributed by atoms with Crippen molar-refractivity contribution < 1.29 is 4.79 Å². The highest BCUT2D eigenvalue weighted by molar-refractivity contribution is 9.10. The number of aromatic nitrogens is 2. The molecule has 0 aliphatic rings. The summed E-state index contributed by atoms with van der Waals surface area (Å²) in [6.45, 7) is 0. The molecule has 5 nitrogen and oxygen atoms in total. The quantitative estimate of drug-likeness (QED) is 0.886. The highest BCUT2D eigenvalue weighted by Crippen LogP contribution is 2.21. The second kappa shape index (κ2) is 4.92. The fourth-order valence-electron chi connectivity index (χ4n) is 1.24. The van der Waals surface area contributed by atoms with E-state index < -0.39 is 5.91 Å². The highest BCUT2D eigenvalue weighted by Gasteiger charge is 2.09. The monoisotopic (exact) mass is 293 g/mol. The van der Waals surface area contributed by atoms with Crippen LogP contribution >= 0.6 is 15.9 Å². The van der Waals surface area contributed by atoms with Gasteiger partial charge in [0.25, 0.3) is 11.5 Å². The van der Waals surface area contributed by atoms with Crippen molar-refractivity contribution in [3.63, 3.8) is 0 Å². The van der Waals surface area contributed by atoms with Gasteiger partial charge in [-0.1, -0.05) is 12.1 Å². The first kappa shape index (κ1) is 11.5. The number of para-hydroxylation sites is 1. The number of halogens is 1. The van der Waals surface area contributed by atoms with E-state index >= 15 is 0 Å². The number of rotatable bonds is 2. The third-order valence-electron chi connectivity index (χ3n) is 2.03. The molecule has 1 aromatic heterocycles. The molecule has 1 aromatic carbocycles. The Labute approximate surface area is 105 Å². The zero-order valence-corrected chi connectivity index (χ0v) is 10.2. The molecule has 1 heterocycles. The summed E-state index contributed by atoms with van der Waals surface area (Å²) in [4.78, 5) is 28.9. The Bertz CT molecular complexity index is 609. The fraction of sp³-hybridized carbons (Fsp3) is 0. The zero-order chi connectivity index (χ0) is 12.3. The maximum Gasteiger partial charge on any atom is 0.274 e. The number of nitrogens with zero attached hydrogens (tertiary/aromatic N) is 1. The highest BCUT2D eigenvalue weighted by atomic mass is 79.9. The van der Waals surface area contributed by atoms with Crippen LogP contribution < -0.4 is 10.9 Å². The van der Waals surface area contributed by atoms with Gasteiger partial charge in [0.2, 0.25) is 0 Å². The first-order chi connectivity index (χ1) is 8.16. The van der Waals surface area contributed by atoms with Gasteiger partial charge in [-0.15, -0.1) is 0 Å². The number of aromatic amines is 1. The first-order valence-corrected chi connectivity index (χ1v) is 5.57. The molecular weight excluding hydrogens is 286 g/mol. The van der Waals surface area contributed by atoms with E-state index in [0.717, 1.165) is 10.5 Å². The number of benzene rings is 1. The van der Waals surface area contributed by atoms with Crippen LogP contribution in [0.3, 0.4) is 0 Å². The number of hydrogen-bond donors (Lipinski definition) is 2. The number of amides is 1. The van der Waals surface area contributed by atoms with E-state index in [2.05, 4.69) is 31.2 Å². The van der Waals surface area contributed by atoms with E-state index in [-0.39, 0.29) is 11.3 Å². The van der Waals surface area contributed by atoms with Gasteiger partial charge in [-0.2, -0.15) is 0 Å². The molecule has 0 aliphatic carbocycles. The molecule has 0 unspecified atom stereocenters. The molecule has 1 amide bonds. The minimum Gasteiger partial charge on any atom is -0.320 e. The molecule has 17 heavy (non-hydrogen) atoms. The van der Waals surface area contributed by atoms with E-state index in [0.29, 0.717) is 5.69 Å². The van der Waals surface area contributed by atoms with Crippen molar-refractivity contribution in [2.45, 2.75) is 0 Å². The van der Waals surface area contributed by atoms with Crippen molar-refractivity contribution in [2.24, 2.45) is 0 Å². The van der Waals surface area contributed by atoms with Gasteiger partial charge in [-0.05, 0) is 28.1 Å². The lowest BCUT2D eigenvalue weighted by molar-refractivity contribution is 0.102. The Balaban J connectivity index is 2.23. The number of nitrogens with one attached hydrogen (secondary N) is 2. The van der Waals surface area contributed by atoms with Crippen molar-refractivity contribution in [1.82, 2.24) is 9.97 Å². The average Bonchev–Trinajstić information content (AvgIpc) is 2.32. The molecule has 0 spiro atoms. The van der Waals surface area contributed by atoms with Crippen LogP contribution in [0.25, 0.3) is 0 Å². The van der Waals surface area contributed by atoms with Crippen LogP contribution in [0.5, 0.6) is 0 Å². The molecule has 0 saturated heterocycles. The van der Waals surface area contributed by atoms with E-state index in [1.807, 2.05) is 6.07 Å². The standard InChI is InChI=1S/C11H8BrN3O2/c12-7-3-1-2-4-8(7)15-11(17)9-5-10(16)14-6-13-9/h1-6H,(H,15,17)(H,13,14,16). The van der Waals surface area contributed by atoms with Crippen molar-refractivity contribution in [3.8, 4) is 0 Å². The van der Waals surface area contributed by atoms with Crippen molar-refractivity contribution in [2.75, 3.05) is 5.32 Å².